The maximum atomic E-state index is 5.57. The molecule has 0 aromatic heterocycles. The van der Waals surface area contributed by atoms with E-state index in [0.717, 1.165) is 32.7 Å². The highest BCUT2D eigenvalue weighted by molar-refractivity contribution is 4.67. The minimum Gasteiger partial charge on any atom is -0.380 e. The molecular formula is C11H23NO3. The molecule has 0 aliphatic carbocycles. The molecule has 4 heteroatoms. The third kappa shape index (κ3) is 5.47. The van der Waals surface area contributed by atoms with E-state index in [9.17, 15) is 0 Å². The van der Waals surface area contributed by atoms with Gasteiger partial charge in [0.25, 0.3) is 0 Å². The van der Waals surface area contributed by atoms with Gasteiger partial charge < -0.3 is 19.9 Å². The van der Waals surface area contributed by atoms with Crippen LogP contribution in [0.1, 0.15) is 26.7 Å². The van der Waals surface area contributed by atoms with Crippen LogP contribution in [0.2, 0.25) is 0 Å². The van der Waals surface area contributed by atoms with Crippen LogP contribution in [0.15, 0.2) is 0 Å². The first-order chi connectivity index (χ1) is 7.14. The molecule has 4 nitrogen and oxygen atoms in total. The van der Waals surface area contributed by atoms with E-state index in [1.165, 1.54) is 0 Å². The van der Waals surface area contributed by atoms with Crippen LogP contribution in [0.5, 0.6) is 0 Å². The van der Waals surface area contributed by atoms with Crippen LogP contribution in [-0.4, -0.2) is 38.8 Å². The highest BCUT2D eigenvalue weighted by Gasteiger charge is 2.27. The lowest BCUT2D eigenvalue weighted by molar-refractivity contribution is -0.262. The minimum atomic E-state index is -0.396. The first-order valence-corrected chi connectivity index (χ1v) is 5.70. The zero-order valence-electron chi connectivity index (χ0n) is 9.83. The van der Waals surface area contributed by atoms with Gasteiger partial charge in [0.15, 0.2) is 5.79 Å². The zero-order chi connectivity index (χ0) is 11.1. The van der Waals surface area contributed by atoms with E-state index in [1.54, 1.807) is 0 Å². The zero-order valence-corrected chi connectivity index (χ0v) is 9.83. The molecule has 0 saturated carbocycles. The van der Waals surface area contributed by atoms with Gasteiger partial charge in [-0.1, -0.05) is 0 Å². The lowest BCUT2D eigenvalue weighted by Crippen LogP contribution is -2.39. The SMILES string of the molecule is CC1(C)OCC(CCCOCCN)CO1. The fourth-order valence-corrected chi connectivity index (χ4v) is 1.55. The summed E-state index contributed by atoms with van der Waals surface area (Å²) in [6.45, 7) is 7.54. The number of hydrogen-bond donors (Lipinski definition) is 1. The average Bonchev–Trinajstić information content (AvgIpc) is 2.20. The van der Waals surface area contributed by atoms with Crippen LogP contribution in [0, 0.1) is 5.92 Å². The van der Waals surface area contributed by atoms with E-state index in [2.05, 4.69) is 0 Å². The minimum absolute atomic E-state index is 0.396. The Labute approximate surface area is 92.1 Å². The normalized spacial score (nSPS) is 21.8. The Bertz CT molecular complexity index is 163. The molecule has 0 spiro atoms. The second-order valence-electron chi connectivity index (χ2n) is 4.43. The second-order valence-corrected chi connectivity index (χ2v) is 4.43. The van der Waals surface area contributed by atoms with Crippen molar-refractivity contribution in [3.63, 3.8) is 0 Å². The van der Waals surface area contributed by atoms with Crippen molar-refractivity contribution in [3.05, 3.63) is 0 Å². The van der Waals surface area contributed by atoms with Crippen LogP contribution in [0.25, 0.3) is 0 Å². The summed E-state index contributed by atoms with van der Waals surface area (Å²) < 4.78 is 16.5. The molecule has 0 bridgehead atoms. The maximum Gasteiger partial charge on any atom is 0.162 e. The van der Waals surface area contributed by atoms with Crippen molar-refractivity contribution in [2.75, 3.05) is 33.0 Å². The lowest BCUT2D eigenvalue weighted by Gasteiger charge is -2.34. The van der Waals surface area contributed by atoms with Gasteiger partial charge in [0, 0.05) is 19.1 Å². The summed E-state index contributed by atoms with van der Waals surface area (Å²) in [5, 5.41) is 0. The number of nitrogens with two attached hydrogens (primary N) is 1. The molecule has 0 aromatic rings. The van der Waals surface area contributed by atoms with Gasteiger partial charge in [-0.15, -0.1) is 0 Å². The molecule has 1 aliphatic rings. The Balaban J connectivity index is 1.99. The second kappa shape index (κ2) is 6.43. The van der Waals surface area contributed by atoms with Crippen molar-refractivity contribution < 1.29 is 14.2 Å². The summed E-state index contributed by atoms with van der Waals surface area (Å²) >= 11 is 0. The van der Waals surface area contributed by atoms with Crippen LogP contribution in [-0.2, 0) is 14.2 Å². The summed E-state index contributed by atoms with van der Waals surface area (Å²) in [5.41, 5.74) is 5.32. The predicted molar refractivity (Wildman–Crippen MR) is 58.6 cm³/mol. The predicted octanol–water partition coefficient (Wildman–Crippen LogP) is 1.14. The van der Waals surface area contributed by atoms with E-state index in [4.69, 9.17) is 19.9 Å². The molecule has 0 aromatic carbocycles. The fraction of sp³-hybridized carbons (Fsp3) is 1.00. The van der Waals surface area contributed by atoms with Crippen molar-refractivity contribution in [1.82, 2.24) is 0 Å². The number of hydrogen-bond acceptors (Lipinski definition) is 4. The fourth-order valence-electron chi connectivity index (χ4n) is 1.55. The molecule has 0 radical (unpaired) electrons. The van der Waals surface area contributed by atoms with Crippen molar-refractivity contribution >= 4 is 0 Å². The standard InChI is InChI=1S/C11H23NO3/c1-11(2)14-8-10(9-15-11)4-3-6-13-7-5-12/h10H,3-9,12H2,1-2H3. The number of rotatable bonds is 6. The molecule has 1 rings (SSSR count). The van der Waals surface area contributed by atoms with Crippen LogP contribution >= 0.6 is 0 Å². The molecular weight excluding hydrogens is 194 g/mol. The molecule has 1 saturated heterocycles. The number of ether oxygens (including phenoxy) is 3. The highest BCUT2D eigenvalue weighted by atomic mass is 16.7. The van der Waals surface area contributed by atoms with Crippen molar-refractivity contribution in [2.24, 2.45) is 11.7 Å². The largest absolute Gasteiger partial charge is 0.380 e. The summed E-state index contributed by atoms with van der Waals surface area (Å²) in [5.74, 6) is 0.117. The summed E-state index contributed by atoms with van der Waals surface area (Å²) in [7, 11) is 0. The quantitative estimate of drug-likeness (QED) is 0.678. The Hall–Kier alpha value is -0.160. The smallest absolute Gasteiger partial charge is 0.162 e. The monoisotopic (exact) mass is 217 g/mol. The van der Waals surface area contributed by atoms with Gasteiger partial charge in [-0.05, 0) is 26.7 Å². The molecule has 0 unspecified atom stereocenters. The van der Waals surface area contributed by atoms with E-state index < -0.39 is 5.79 Å². The van der Waals surface area contributed by atoms with E-state index in [1.807, 2.05) is 13.8 Å². The molecule has 15 heavy (non-hydrogen) atoms. The van der Waals surface area contributed by atoms with Crippen molar-refractivity contribution in [2.45, 2.75) is 32.5 Å². The molecule has 90 valence electrons. The Kier molecular flexibility index (Phi) is 5.53. The van der Waals surface area contributed by atoms with Crippen molar-refractivity contribution in [1.29, 1.82) is 0 Å². The van der Waals surface area contributed by atoms with E-state index >= 15 is 0 Å². The van der Waals surface area contributed by atoms with Crippen LogP contribution in [0.3, 0.4) is 0 Å². The molecule has 1 heterocycles. The van der Waals surface area contributed by atoms with E-state index in [0.29, 0.717) is 19.1 Å². The molecule has 1 fully saturated rings. The Morgan fingerprint density at radius 3 is 2.53 bits per heavy atom. The Morgan fingerprint density at radius 1 is 1.27 bits per heavy atom. The summed E-state index contributed by atoms with van der Waals surface area (Å²) in [6.07, 6.45) is 2.15. The first kappa shape index (κ1) is 12.9. The average molecular weight is 217 g/mol. The lowest BCUT2D eigenvalue weighted by atomic mass is 10.0. The van der Waals surface area contributed by atoms with Gasteiger partial charge in [-0.25, -0.2) is 0 Å². The van der Waals surface area contributed by atoms with Gasteiger partial charge in [0.1, 0.15) is 0 Å². The molecule has 2 N–H and O–H groups in total. The molecule has 0 atom stereocenters. The van der Waals surface area contributed by atoms with Crippen LogP contribution in [0.4, 0.5) is 0 Å². The Morgan fingerprint density at radius 2 is 1.93 bits per heavy atom. The van der Waals surface area contributed by atoms with Gasteiger partial charge in [0.2, 0.25) is 0 Å². The van der Waals surface area contributed by atoms with Gasteiger partial charge in [0.05, 0.1) is 19.8 Å². The van der Waals surface area contributed by atoms with Gasteiger partial charge in [-0.3, -0.25) is 0 Å². The maximum absolute atomic E-state index is 5.57. The highest BCUT2D eigenvalue weighted by Crippen LogP contribution is 2.22. The molecule has 0 amide bonds. The topological polar surface area (TPSA) is 53.7 Å². The third-order valence-corrected chi connectivity index (χ3v) is 2.50. The van der Waals surface area contributed by atoms with E-state index in [-0.39, 0.29) is 0 Å². The van der Waals surface area contributed by atoms with Gasteiger partial charge in [-0.2, -0.15) is 0 Å². The third-order valence-electron chi connectivity index (χ3n) is 2.50. The first-order valence-electron chi connectivity index (χ1n) is 5.70. The van der Waals surface area contributed by atoms with Crippen LogP contribution < -0.4 is 5.73 Å². The molecule has 1 aliphatic heterocycles. The van der Waals surface area contributed by atoms with Gasteiger partial charge >= 0.3 is 0 Å². The van der Waals surface area contributed by atoms with Crippen molar-refractivity contribution in [3.8, 4) is 0 Å². The summed E-state index contributed by atoms with van der Waals surface area (Å²) in [4.78, 5) is 0. The summed E-state index contributed by atoms with van der Waals surface area (Å²) in [6, 6.07) is 0.